The molecular weight excluding hydrogens is 522 g/mol. The summed E-state index contributed by atoms with van der Waals surface area (Å²) in [6.45, 7) is 6.15. The number of nitrogens with zero attached hydrogens (tertiary/aromatic N) is 1. The molecule has 42 heavy (non-hydrogen) atoms. The van der Waals surface area contributed by atoms with Crippen LogP contribution in [0.5, 0.6) is 0 Å². The zero-order valence-electron chi connectivity index (χ0n) is 25.1. The van der Waals surface area contributed by atoms with Crippen LogP contribution in [0.2, 0.25) is 0 Å². The van der Waals surface area contributed by atoms with Crippen LogP contribution < -0.4 is 10.6 Å². The van der Waals surface area contributed by atoms with Crippen LogP contribution in [0.15, 0.2) is 66.7 Å². The predicted molar refractivity (Wildman–Crippen MR) is 168 cm³/mol. The van der Waals surface area contributed by atoms with Crippen molar-refractivity contribution in [3.05, 3.63) is 83.4 Å². The standard InChI is InChI=1S/C36H45N3O3/c1-25(2)21-33(34(40)24-39-20-10-16-26-11-3-4-13-29(26)23-39)38-36(42)31-18-7-8-19-32(31)37-35(41)22-28-15-9-14-27-12-5-6-17-30(27)28/h3-6,9,11-15,17,25,31-33H,7-8,10,16,18-24H2,1-2H3,(H,37,41)(H,38,42)/t31-,32+,33+/m1/s1. The second kappa shape index (κ2) is 14.1. The molecule has 1 heterocycles. The van der Waals surface area contributed by atoms with E-state index < -0.39 is 6.04 Å². The van der Waals surface area contributed by atoms with Gasteiger partial charge in [0, 0.05) is 12.6 Å². The Morgan fingerprint density at radius 1 is 0.881 bits per heavy atom. The lowest BCUT2D eigenvalue weighted by molar-refractivity contribution is -0.133. The Bertz CT molecular complexity index is 1400. The first-order valence-corrected chi connectivity index (χ1v) is 15.8. The van der Waals surface area contributed by atoms with E-state index in [1.54, 1.807) is 0 Å². The number of nitrogens with one attached hydrogen (secondary N) is 2. The molecule has 0 radical (unpaired) electrons. The maximum absolute atomic E-state index is 13.7. The van der Waals surface area contributed by atoms with Gasteiger partial charge in [0.1, 0.15) is 0 Å². The fourth-order valence-electron chi connectivity index (χ4n) is 6.75. The molecule has 3 aromatic rings. The van der Waals surface area contributed by atoms with Gasteiger partial charge in [0.15, 0.2) is 5.78 Å². The smallest absolute Gasteiger partial charge is 0.225 e. The van der Waals surface area contributed by atoms with Crippen molar-refractivity contribution in [1.29, 1.82) is 0 Å². The second-order valence-electron chi connectivity index (χ2n) is 12.6. The molecule has 2 N–H and O–H groups in total. The van der Waals surface area contributed by atoms with E-state index in [1.165, 1.54) is 11.1 Å². The lowest BCUT2D eigenvalue weighted by atomic mass is 9.83. The Balaban J connectivity index is 1.22. The molecule has 0 bridgehead atoms. The Kier molecular flexibility index (Phi) is 10.1. The van der Waals surface area contributed by atoms with Crippen molar-refractivity contribution in [3.63, 3.8) is 0 Å². The van der Waals surface area contributed by atoms with Crippen LogP contribution in [0.1, 0.15) is 69.1 Å². The SMILES string of the molecule is CC(C)C[C@H](NC(=O)[C@@H]1CCCC[C@@H]1NC(=O)Cc1cccc2ccccc12)C(=O)CN1CCCc2ccccc2C1. The first kappa shape index (κ1) is 30.0. The number of hydrogen-bond acceptors (Lipinski definition) is 4. The number of carbonyl (C=O) groups excluding carboxylic acids is 3. The molecule has 1 fully saturated rings. The van der Waals surface area contributed by atoms with Crippen LogP contribution in [0.25, 0.3) is 10.8 Å². The van der Waals surface area contributed by atoms with Gasteiger partial charge in [-0.15, -0.1) is 0 Å². The average molecular weight is 568 g/mol. The van der Waals surface area contributed by atoms with Crippen LogP contribution in [0.4, 0.5) is 0 Å². The van der Waals surface area contributed by atoms with Gasteiger partial charge in [0.25, 0.3) is 0 Å². The highest BCUT2D eigenvalue weighted by molar-refractivity contribution is 5.92. The monoisotopic (exact) mass is 567 g/mol. The molecule has 3 aromatic carbocycles. The largest absolute Gasteiger partial charge is 0.352 e. The number of benzene rings is 3. The highest BCUT2D eigenvalue weighted by atomic mass is 16.2. The van der Waals surface area contributed by atoms with E-state index in [-0.39, 0.29) is 41.9 Å². The summed E-state index contributed by atoms with van der Waals surface area (Å²) in [6.07, 6.45) is 6.36. The first-order chi connectivity index (χ1) is 20.4. The molecule has 6 heteroatoms. The fraction of sp³-hybridized carbons (Fsp3) is 0.472. The topological polar surface area (TPSA) is 78.5 Å². The van der Waals surface area contributed by atoms with Crippen molar-refractivity contribution in [1.82, 2.24) is 15.5 Å². The number of amides is 2. The van der Waals surface area contributed by atoms with Crippen molar-refractivity contribution >= 4 is 28.4 Å². The number of hydrogen-bond donors (Lipinski definition) is 2. The fourth-order valence-corrected chi connectivity index (χ4v) is 6.75. The normalized spacial score (nSPS) is 20.0. The van der Waals surface area contributed by atoms with Gasteiger partial charge >= 0.3 is 0 Å². The lowest BCUT2D eigenvalue weighted by Gasteiger charge is -2.33. The Morgan fingerprint density at radius 3 is 2.45 bits per heavy atom. The van der Waals surface area contributed by atoms with E-state index >= 15 is 0 Å². The molecule has 0 spiro atoms. The third-order valence-corrected chi connectivity index (χ3v) is 8.90. The van der Waals surface area contributed by atoms with Gasteiger partial charge in [0.05, 0.1) is 24.9 Å². The minimum absolute atomic E-state index is 0.0627. The number of fused-ring (bicyclic) bond motifs is 2. The Hall–Kier alpha value is -3.51. The third-order valence-electron chi connectivity index (χ3n) is 8.90. The van der Waals surface area contributed by atoms with Gasteiger partial charge in [-0.25, -0.2) is 0 Å². The molecule has 222 valence electrons. The van der Waals surface area contributed by atoms with Crippen molar-refractivity contribution in [3.8, 4) is 0 Å². The molecule has 2 amide bonds. The van der Waals surface area contributed by atoms with Gasteiger partial charge < -0.3 is 10.6 Å². The van der Waals surface area contributed by atoms with Crippen LogP contribution in [0, 0.1) is 11.8 Å². The number of rotatable bonds is 10. The van der Waals surface area contributed by atoms with E-state index in [2.05, 4.69) is 65.8 Å². The van der Waals surface area contributed by atoms with E-state index in [1.807, 2.05) is 30.3 Å². The zero-order chi connectivity index (χ0) is 29.5. The second-order valence-corrected chi connectivity index (χ2v) is 12.6. The Morgan fingerprint density at radius 2 is 1.62 bits per heavy atom. The van der Waals surface area contributed by atoms with Crippen molar-refractivity contribution in [2.24, 2.45) is 11.8 Å². The van der Waals surface area contributed by atoms with Crippen molar-refractivity contribution in [2.75, 3.05) is 13.1 Å². The summed E-state index contributed by atoms with van der Waals surface area (Å²) in [6, 6.07) is 21.9. The van der Waals surface area contributed by atoms with Crippen LogP contribution >= 0.6 is 0 Å². The minimum Gasteiger partial charge on any atom is -0.352 e. The van der Waals surface area contributed by atoms with Gasteiger partial charge in [-0.05, 0) is 72.0 Å². The summed E-state index contributed by atoms with van der Waals surface area (Å²) in [4.78, 5) is 42.8. The first-order valence-electron chi connectivity index (χ1n) is 15.8. The third kappa shape index (κ3) is 7.65. The Labute approximate surface area is 250 Å². The summed E-state index contributed by atoms with van der Waals surface area (Å²) in [5.41, 5.74) is 3.64. The zero-order valence-corrected chi connectivity index (χ0v) is 25.1. The molecule has 1 saturated carbocycles. The molecule has 0 aromatic heterocycles. The number of ketones is 1. The van der Waals surface area contributed by atoms with Crippen molar-refractivity contribution in [2.45, 2.75) is 83.8 Å². The van der Waals surface area contributed by atoms with Crippen LogP contribution in [-0.4, -0.2) is 47.7 Å². The van der Waals surface area contributed by atoms with E-state index in [9.17, 15) is 14.4 Å². The molecule has 2 aliphatic rings. The maximum atomic E-state index is 13.7. The van der Waals surface area contributed by atoms with E-state index in [0.717, 1.165) is 68.0 Å². The molecule has 0 saturated heterocycles. The summed E-state index contributed by atoms with van der Waals surface area (Å²) in [5, 5.41) is 8.54. The molecule has 1 aliphatic heterocycles. The number of aryl methyl sites for hydroxylation is 1. The molecular formula is C36H45N3O3. The van der Waals surface area contributed by atoms with Gasteiger partial charge in [-0.1, -0.05) is 93.4 Å². The highest BCUT2D eigenvalue weighted by Crippen LogP contribution is 2.26. The van der Waals surface area contributed by atoms with Gasteiger partial charge in [-0.3, -0.25) is 19.3 Å². The van der Waals surface area contributed by atoms with Crippen LogP contribution in [-0.2, 0) is 33.8 Å². The summed E-state index contributed by atoms with van der Waals surface area (Å²) in [5.74, 6) is -0.157. The molecule has 3 atom stereocenters. The van der Waals surface area contributed by atoms with Gasteiger partial charge in [0.2, 0.25) is 11.8 Å². The molecule has 6 nitrogen and oxygen atoms in total. The lowest BCUT2D eigenvalue weighted by Crippen LogP contribution is -2.53. The van der Waals surface area contributed by atoms with Crippen molar-refractivity contribution < 1.29 is 14.4 Å². The number of carbonyl (C=O) groups is 3. The molecule has 5 rings (SSSR count). The predicted octanol–water partition coefficient (Wildman–Crippen LogP) is 5.61. The number of Topliss-reactive ketones (excluding diaryl/α,β-unsaturated/α-hetero) is 1. The molecule has 1 aliphatic carbocycles. The minimum atomic E-state index is -0.523. The van der Waals surface area contributed by atoms with Crippen LogP contribution in [0.3, 0.4) is 0 Å². The quantitative estimate of drug-likeness (QED) is 0.334. The summed E-state index contributed by atoms with van der Waals surface area (Å²) >= 11 is 0. The van der Waals surface area contributed by atoms with E-state index in [4.69, 9.17) is 0 Å². The molecule has 0 unspecified atom stereocenters. The summed E-state index contributed by atoms with van der Waals surface area (Å²) in [7, 11) is 0. The highest BCUT2D eigenvalue weighted by Gasteiger charge is 2.34. The summed E-state index contributed by atoms with van der Waals surface area (Å²) < 4.78 is 0. The average Bonchev–Trinajstić information content (AvgIpc) is 3.18. The van der Waals surface area contributed by atoms with Gasteiger partial charge in [-0.2, -0.15) is 0 Å². The maximum Gasteiger partial charge on any atom is 0.225 e. The van der Waals surface area contributed by atoms with E-state index in [0.29, 0.717) is 13.0 Å².